The average Bonchev–Trinajstić information content (AvgIpc) is 2.80. The molecule has 1 aliphatic rings. The average molecular weight is 462 g/mol. The predicted octanol–water partition coefficient (Wildman–Crippen LogP) is 5.62. The number of allylic oxidation sites excluding steroid dienone is 2. The van der Waals surface area contributed by atoms with E-state index >= 15 is 0 Å². The maximum Gasteiger partial charge on any atom is 0.251 e. The third kappa shape index (κ3) is 5.31. The fourth-order valence-corrected chi connectivity index (χ4v) is 3.74. The fourth-order valence-electron chi connectivity index (χ4n) is 3.74. The van der Waals surface area contributed by atoms with Crippen molar-refractivity contribution in [3.8, 4) is 11.5 Å². The number of benzene rings is 2. The standard InChI is InChI=1S/C27H25F2N3O2/c1-17-8-10-32(3)16-24(17)25-14-22(7-9-30-25)34-26-6-4-5-23(18(26)2)27(33)31-15-19-11-20(28)13-21(29)12-19/h4-9,11-14,16H,10,15H2,1-3H3,(H,31,33). The van der Waals surface area contributed by atoms with Crippen molar-refractivity contribution in [1.29, 1.82) is 0 Å². The normalized spacial score (nSPS) is 13.3. The molecule has 3 aromatic rings. The van der Waals surface area contributed by atoms with E-state index in [-0.39, 0.29) is 12.5 Å². The molecule has 2 aromatic carbocycles. The number of ether oxygens (including phenoxy) is 1. The summed E-state index contributed by atoms with van der Waals surface area (Å²) in [5, 5.41) is 2.71. The second-order valence-corrected chi connectivity index (χ2v) is 8.24. The Kier molecular flexibility index (Phi) is 6.72. The van der Waals surface area contributed by atoms with Gasteiger partial charge in [0.25, 0.3) is 5.91 Å². The van der Waals surface area contributed by atoms with E-state index in [0.29, 0.717) is 28.2 Å². The lowest BCUT2D eigenvalue weighted by atomic mass is 10.0. The fraction of sp³-hybridized carbons (Fsp3) is 0.185. The van der Waals surface area contributed by atoms with Crippen molar-refractivity contribution in [2.45, 2.75) is 20.4 Å². The second-order valence-electron chi connectivity index (χ2n) is 8.24. The van der Waals surface area contributed by atoms with Crippen LogP contribution in [0.2, 0.25) is 0 Å². The molecule has 0 bridgehead atoms. The smallest absolute Gasteiger partial charge is 0.251 e. The lowest BCUT2D eigenvalue weighted by molar-refractivity contribution is 0.0950. The number of hydrogen-bond donors (Lipinski definition) is 1. The maximum atomic E-state index is 13.4. The monoisotopic (exact) mass is 461 g/mol. The van der Waals surface area contributed by atoms with Crippen LogP contribution in [0, 0.1) is 18.6 Å². The molecule has 5 nitrogen and oxygen atoms in total. The maximum absolute atomic E-state index is 13.4. The number of rotatable bonds is 6. The summed E-state index contributed by atoms with van der Waals surface area (Å²) < 4.78 is 32.9. The van der Waals surface area contributed by atoms with Gasteiger partial charge in [-0.05, 0) is 55.3 Å². The Bertz CT molecular complexity index is 1280. The Balaban J connectivity index is 1.51. The number of carbonyl (C=O) groups is 1. The van der Waals surface area contributed by atoms with E-state index < -0.39 is 11.6 Å². The summed E-state index contributed by atoms with van der Waals surface area (Å²) in [6, 6.07) is 12.0. The second kappa shape index (κ2) is 9.87. The molecule has 0 saturated heterocycles. The SMILES string of the molecule is CC1=CCN(C)C=C1c1cc(Oc2cccc(C(=O)NCc3cc(F)cc(F)c3)c2C)ccn1. The van der Waals surface area contributed by atoms with E-state index in [9.17, 15) is 13.6 Å². The van der Waals surface area contributed by atoms with Gasteiger partial charge in [-0.3, -0.25) is 9.78 Å². The van der Waals surface area contributed by atoms with Crippen molar-refractivity contribution in [1.82, 2.24) is 15.2 Å². The quantitative estimate of drug-likeness (QED) is 0.518. The molecule has 0 spiro atoms. The van der Waals surface area contributed by atoms with Gasteiger partial charge >= 0.3 is 0 Å². The number of nitrogens with one attached hydrogen (secondary N) is 1. The number of hydrogen-bond acceptors (Lipinski definition) is 4. The zero-order valence-corrected chi connectivity index (χ0v) is 19.2. The highest BCUT2D eigenvalue weighted by Gasteiger charge is 2.15. The molecule has 2 heterocycles. The van der Waals surface area contributed by atoms with Crippen molar-refractivity contribution >= 4 is 11.5 Å². The van der Waals surface area contributed by atoms with Crippen LogP contribution in [0.4, 0.5) is 8.78 Å². The first-order chi connectivity index (χ1) is 16.3. The first-order valence-corrected chi connectivity index (χ1v) is 10.9. The Labute approximate surface area is 197 Å². The molecule has 1 N–H and O–H groups in total. The summed E-state index contributed by atoms with van der Waals surface area (Å²) in [6.07, 6.45) is 5.90. The molecule has 174 valence electrons. The van der Waals surface area contributed by atoms with Gasteiger partial charge in [0.2, 0.25) is 0 Å². The summed E-state index contributed by atoms with van der Waals surface area (Å²) >= 11 is 0. The number of likely N-dealkylation sites (N-methyl/N-ethyl adjacent to an activating group) is 1. The Morgan fingerprint density at radius 1 is 1.12 bits per heavy atom. The lowest BCUT2D eigenvalue weighted by Crippen LogP contribution is -2.23. The van der Waals surface area contributed by atoms with Crippen LogP contribution in [-0.4, -0.2) is 29.4 Å². The number of pyridine rings is 1. The van der Waals surface area contributed by atoms with Crippen molar-refractivity contribution in [3.05, 3.63) is 107 Å². The minimum atomic E-state index is -0.686. The van der Waals surface area contributed by atoms with E-state index in [1.807, 2.05) is 13.1 Å². The zero-order valence-electron chi connectivity index (χ0n) is 19.2. The molecular formula is C27H25F2N3O2. The number of amides is 1. The van der Waals surface area contributed by atoms with E-state index in [1.165, 1.54) is 12.1 Å². The highest BCUT2D eigenvalue weighted by Crippen LogP contribution is 2.31. The van der Waals surface area contributed by atoms with Gasteiger partial charge in [-0.25, -0.2) is 8.78 Å². The molecule has 0 atom stereocenters. The molecular weight excluding hydrogens is 436 g/mol. The molecule has 1 amide bonds. The van der Waals surface area contributed by atoms with Crippen molar-refractivity contribution in [3.63, 3.8) is 0 Å². The van der Waals surface area contributed by atoms with Gasteiger partial charge in [0.05, 0.1) is 5.69 Å². The number of aromatic nitrogens is 1. The minimum Gasteiger partial charge on any atom is -0.457 e. The number of halogens is 2. The molecule has 1 aliphatic heterocycles. The molecule has 4 rings (SSSR count). The molecule has 0 fully saturated rings. The first kappa shape index (κ1) is 23.2. The van der Waals surface area contributed by atoms with Crippen LogP contribution in [0.5, 0.6) is 11.5 Å². The summed E-state index contributed by atoms with van der Waals surface area (Å²) in [4.78, 5) is 19.3. The van der Waals surface area contributed by atoms with Crippen LogP contribution < -0.4 is 10.1 Å². The Morgan fingerprint density at radius 3 is 2.65 bits per heavy atom. The summed E-state index contributed by atoms with van der Waals surface area (Å²) in [5.41, 5.74) is 4.38. The van der Waals surface area contributed by atoms with E-state index in [1.54, 1.807) is 37.4 Å². The van der Waals surface area contributed by atoms with Crippen LogP contribution >= 0.6 is 0 Å². The highest BCUT2D eigenvalue weighted by molar-refractivity contribution is 5.96. The van der Waals surface area contributed by atoms with Gasteiger partial charge in [-0.2, -0.15) is 0 Å². The summed E-state index contributed by atoms with van der Waals surface area (Å²) in [5.74, 6) is -0.603. The van der Waals surface area contributed by atoms with Crippen LogP contribution in [-0.2, 0) is 6.54 Å². The van der Waals surface area contributed by atoms with Gasteiger partial charge in [0.1, 0.15) is 23.1 Å². The van der Waals surface area contributed by atoms with Crippen molar-refractivity contribution in [2.24, 2.45) is 0 Å². The lowest BCUT2D eigenvalue weighted by Gasteiger charge is -2.21. The topological polar surface area (TPSA) is 54.5 Å². The summed E-state index contributed by atoms with van der Waals surface area (Å²) in [7, 11) is 2.01. The number of carbonyl (C=O) groups excluding carboxylic acids is 1. The van der Waals surface area contributed by atoms with Crippen molar-refractivity contribution in [2.75, 3.05) is 13.6 Å². The van der Waals surface area contributed by atoms with Gasteiger partial charge in [-0.15, -0.1) is 0 Å². The van der Waals surface area contributed by atoms with Crippen LogP contribution in [0.25, 0.3) is 5.57 Å². The zero-order chi connectivity index (χ0) is 24.2. The highest BCUT2D eigenvalue weighted by atomic mass is 19.1. The third-order valence-corrected chi connectivity index (χ3v) is 5.60. The van der Waals surface area contributed by atoms with Crippen LogP contribution in [0.15, 0.2) is 72.6 Å². The van der Waals surface area contributed by atoms with E-state index in [4.69, 9.17) is 4.74 Å². The largest absolute Gasteiger partial charge is 0.457 e. The molecule has 0 radical (unpaired) electrons. The van der Waals surface area contributed by atoms with Gasteiger partial charge in [0.15, 0.2) is 0 Å². The van der Waals surface area contributed by atoms with Gasteiger partial charge < -0.3 is 15.0 Å². The number of nitrogens with zero attached hydrogens (tertiary/aromatic N) is 2. The van der Waals surface area contributed by atoms with Gasteiger partial charge in [-0.1, -0.05) is 12.1 Å². The molecule has 1 aromatic heterocycles. The van der Waals surface area contributed by atoms with Crippen LogP contribution in [0.1, 0.15) is 34.1 Å². The van der Waals surface area contributed by atoms with E-state index in [2.05, 4.69) is 34.4 Å². The van der Waals surface area contributed by atoms with E-state index in [0.717, 1.165) is 29.5 Å². The predicted molar refractivity (Wildman–Crippen MR) is 127 cm³/mol. The third-order valence-electron chi connectivity index (χ3n) is 5.60. The minimum absolute atomic E-state index is 0.00216. The first-order valence-electron chi connectivity index (χ1n) is 10.9. The van der Waals surface area contributed by atoms with Gasteiger partial charge in [0, 0.05) is 61.4 Å². The molecule has 7 heteroatoms. The molecule has 0 saturated carbocycles. The molecule has 0 aliphatic carbocycles. The summed E-state index contributed by atoms with van der Waals surface area (Å²) in [6.45, 7) is 4.70. The van der Waals surface area contributed by atoms with Crippen LogP contribution in [0.3, 0.4) is 0 Å². The molecule has 34 heavy (non-hydrogen) atoms. The van der Waals surface area contributed by atoms with Crippen molar-refractivity contribution < 1.29 is 18.3 Å². The molecule has 0 unspecified atom stereocenters. The Morgan fingerprint density at radius 2 is 1.88 bits per heavy atom. The Hall–Kier alpha value is -4.00.